The number of hydrogen-bond donors (Lipinski definition) is 2. The van der Waals surface area contributed by atoms with Crippen LogP contribution in [0.1, 0.15) is 155 Å². The number of halogens is 2. The van der Waals surface area contributed by atoms with Crippen LogP contribution in [0.2, 0.25) is 10.0 Å². The molecule has 2 aliphatic rings. The second-order valence-electron chi connectivity index (χ2n) is 23.3. The first-order chi connectivity index (χ1) is 50.4. The van der Waals surface area contributed by atoms with E-state index in [1.807, 2.05) is 213 Å². The summed E-state index contributed by atoms with van der Waals surface area (Å²) in [6.07, 6.45) is 3.30. The van der Waals surface area contributed by atoms with Crippen molar-refractivity contribution in [3.8, 4) is 0 Å². The normalized spacial score (nSPS) is 14.0. The molecule has 2 N–H and O–H groups in total. The van der Waals surface area contributed by atoms with Gasteiger partial charge in [0.15, 0.2) is 6.04 Å². The van der Waals surface area contributed by atoms with Gasteiger partial charge in [0.2, 0.25) is 0 Å². The van der Waals surface area contributed by atoms with Gasteiger partial charge in [-0.2, -0.15) is 0 Å². The number of rotatable bonds is 21. The van der Waals surface area contributed by atoms with Crippen molar-refractivity contribution in [2.45, 2.75) is 131 Å². The van der Waals surface area contributed by atoms with E-state index in [0.29, 0.717) is 75.0 Å². The van der Waals surface area contributed by atoms with Crippen LogP contribution >= 0.6 is 23.2 Å². The minimum absolute atomic E-state index is 0. The maximum absolute atomic E-state index is 13.8. The maximum Gasteiger partial charge on any atom is 2.00 e. The smallest absolute Gasteiger partial charge is 0.625 e. The first-order valence-electron chi connectivity index (χ1n) is 35.9. The number of carboxylic acid groups (broad SMARTS) is 2. The van der Waals surface area contributed by atoms with Crippen LogP contribution in [-0.2, 0) is 65.3 Å². The first kappa shape index (κ1) is 88.3. The van der Waals surface area contributed by atoms with Crippen LogP contribution in [0.4, 0.5) is 11.4 Å². The van der Waals surface area contributed by atoms with Gasteiger partial charge in [-0.15, -0.1) is 11.4 Å². The summed E-state index contributed by atoms with van der Waals surface area (Å²) in [6.45, 7) is 20.8. The van der Waals surface area contributed by atoms with E-state index in [2.05, 4.69) is 117 Å². The van der Waals surface area contributed by atoms with Crippen LogP contribution in [0, 0.1) is 0 Å². The van der Waals surface area contributed by atoms with Gasteiger partial charge in [0.05, 0.1) is 35.3 Å². The molecule has 10 aromatic carbocycles. The van der Waals surface area contributed by atoms with Gasteiger partial charge < -0.3 is 30.4 Å². The summed E-state index contributed by atoms with van der Waals surface area (Å²) in [5.41, 5.74) is 10.8. The number of carbonyl (C=O) groups excluding carboxylic acids is 2. The zero-order valence-electron chi connectivity index (χ0n) is 61.4. The summed E-state index contributed by atoms with van der Waals surface area (Å²) in [7, 11) is 0. The Labute approximate surface area is 653 Å². The average Bonchev–Trinajstić information content (AvgIpc) is 1.46. The number of aliphatic imine (C=N–C) groups is 2. The third-order valence-electron chi connectivity index (χ3n) is 16.9. The van der Waals surface area contributed by atoms with Crippen LogP contribution in [0.15, 0.2) is 289 Å². The van der Waals surface area contributed by atoms with E-state index in [-0.39, 0.29) is 56.9 Å². The van der Waals surface area contributed by atoms with Crippen LogP contribution in [0.5, 0.6) is 0 Å². The van der Waals surface area contributed by atoms with Crippen LogP contribution in [0.25, 0.3) is 10.6 Å². The molecule has 2 amide bonds. The van der Waals surface area contributed by atoms with E-state index in [1.165, 1.54) is 11.1 Å². The third-order valence-corrected chi connectivity index (χ3v) is 17.3. The molecule has 0 radical (unpaired) electrons. The van der Waals surface area contributed by atoms with Crippen molar-refractivity contribution >= 4 is 69.8 Å². The predicted octanol–water partition coefficient (Wildman–Crippen LogP) is 22.1. The van der Waals surface area contributed by atoms with Crippen molar-refractivity contribution in [3.05, 3.63) is 355 Å². The Kier molecular flexibility index (Phi) is 41.1. The number of hydrogen-bond acceptors (Lipinski definition) is 8. The number of aliphatic carboxylic acids is 2. The molecule has 552 valence electrons. The molecule has 2 fully saturated rings. The fraction of sp³-hybridized carbons (Fsp3) is 0.258. The molecular formula is C89H98Cl2N6Ni2O6+2. The molecule has 2 aliphatic heterocycles. The summed E-state index contributed by atoms with van der Waals surface area (Å²) < 4.78 is 0. The van der Waals surface area contributed by atoms with Crippen LogP contribution in [-0.4, -0.2) is 92.9 Å². The topological polar surface area (TPSA) is 168 Å². The molecule has 16 heteroatoms. The van der Waals surface area contributed by atoms with Gasteiger partial charge in [0.1, 0.15) is 6.54 Å². The zero-order valence-corrected chi connectivity index (χ0v) is 64.9. The largest absolute Gasteiger partial charge is 2.00 e. The van der Waals surface area contributed by atoms with Crippen molar-refractivity contribution in [1.82, 2.24) is 9.80 Å². The van der Waals surface area contributed by atoms with Gasteiger partial charge in [-0.05, 0) is 108 Å². The van der Waals surface area contributed by atoms with Crippen molar-refractivity contribution in [1.29, 1.82) is 0 Å². The molecule has 0 bridgehead atoms. The summed E-state index contributed by atoms with van der Waals surface area (Å²) in [5, 5.41) is 30.0. The standard InChI is InChI=1S/C40H36ClN3O3.C27H26ClN3O3.C14H14.4C2H6.2Ni/c41-32-23-24-34(42-39(45)35-22-13-25-44(35)27-28-14-5-1-6-15-28)33(26-32)37(31-20-11-4-12-21-31)43-38(40(46)47)36(29-16-7-2-8-17-29)30-18-9-3-10-19-30;28-21-13-14-23(22(16-21)26(29-17-25(32)33)20-10-5-2-6-11-20)30-27(34)24-12-7-15-31(24)18-19-8-3-1-4-9-19;1-12(13-8-4-2-5-9-13)14-10-6-3-7-11-14;4*1-2;;/h1-12,14-21,23-24,26,35-36,38H,13,22,25,27H2,(H2,42,43,45,46,47);1-6,8-11,13-14,16,24H,7,12,15,17-18H2,(H2,29,30,32,33,34);2-12H,1H3;4*1-2H3;;/q;;;;;;;2*+2/p-2. The van der Waals surface area contributed by atoms with Crippen molar-refractivity contribution < 1.29 is 62.4 Å². The molecular weight excluding hydrogens is 1440 g/mol. The van der Waals surface area contributed by atoms with Gasteiger partial charge in [-0.1, -0.05) is 340 Å². The van der Waals surface area contributed by atoms with Crippen molar-refractivity contribution in [2.75, 3.05) is 19.6 Å². The summed E-state index contributed by atoms with van der Waals surface area (Å²) in [4.78, 5) is 65.2. The Morgan fingerprint density at radius 1 is 0.438 bits per heavy atom. The number of carboxylic acids is 2. The molecule has 3 unspecified atom stereocenters. The number of amides is 2. The fourth-order valence-electron chi connectivity index (χ4n) is 12.1. The van der Waals surface area contributed by atoms with E-state index < -0.39 is 30.4 Å². The van der Waals surface area contributed by atoms with E-state index in [9.17, 15) is 29.4 Å². The molecule has 12 nitrogen and oxygen atoms in total. The summed E-state index contributed by atoms with van der Waals surface area (Å²) in [5.74, 6) is -2.68. The van der Waals surface area contributed by atoms with Gasteiger partial charge in [-0.25, -0.2) is 4.79 Å². The zero-order chi connectivity index (χ0) is 74.3. The summed E-state index contributed by atoms with van der Waals surface area (Å²) >= 11 is 12.9. The third kappa shape index (κ3) is 27.1. The fourth-order valence-corrected chi connectivity index (χ4v) is 12.5. The van der Waals surface area contributed by atoms with Crippen LogP contribution < -0.4 is 0 Å². The second-order valence-corrected chi connectivity index (χ2v) is 24.2. The van der Waals surface area contributed by atoms with Crippen LogP contribution in [0.3, 0.4) is 0 Å². The Bertz CT molecular complexity index is 4110. The SMILES string of the molecule is CC.CC.CC.CC.CC(c1ccccc1)c1ccccc1.O=C(O)C(N=C(c1ccccc1)c1cc(Cl)ccc1[N-]C(=O)C1CCCN1Cc1ccccc1)C(c1ccccc1)c1ccccc1.O=C(O)CN=C(c1ccccc1)c1cc(Cl)ccc1[N-]C(=O)C1CCCN1Cc1ccccc1.[Ni+2].[Ni+2]. The number of benzene rings is 10. The van der Waals surface area contributed by atoms with Gasteiger partial charge in [0.25, 0.3) is 0 Å². The molecule has 0 saturated carbocycles. The van der Waals surface area contributed by atoms with Crippen molar-refractivity contribution in [3.63, 3.8) is 0 Å². The Hall–Kier alpha value is -9.09. The minimum Gasteiger partial charge on any atom is -0.625 e. The van der Waals surface area contributed by atoms with Gasteiger partial charge in [-0.3, -0.25) is 24.6 Å². The quantitative estimate of drug-likeness (QED) is 0.0529. The molecule has 12 rings (SSSR count). The van der Waals surface area contributed by atoms with E-state index in [0.717, 1.165) is 60.2 Å². The van der Waals surface area contributed by atoms with E-state index in [4.69, 9.17) is 28.2 Å². The average molecular weight is 1540 g/mol. The van der Waals surface area contributed by atoms with Crippen molar-refractivity contribution in [2.24, 2.45) is 9.98 Å². The number of carbonyl (C=O) groups is 4. The monoisotopic (exact) mass is 1530 g/mol. The maximum atomic E-state index is 13.8. The Morgan fingerprint density at radius 3 is 1.10 bits per heavy atom. The molecule has 0 aliphatic carbocycles. The van der Waals surface area contributed by atoms with Gasteiger partial charge in [0, 0.05) is 46.1 Å². The number of nitrogens with zero attached hydrogens (tertiary/aromatic N) is 6. The predicted molar refractivity (Wildman–Crippen MR) is 427 cm³/mol. The molecule has 0 spiro atoms. The molecule has 105 heavy (non-hydrogen) atoms. The molecule has 3 atom stereocenters. The van der Waals surface area contributed by atoms with Gasteiger partial charge >= 0.3 is 44.9 Å². The molecule has 10 aromatic rings. The minimum atomic E-state index is -1.20. The molecule has 0 aromatic heterocycles. The number of likely N-dealkylation sites (tertiary alicyclic amines) is 2. The summed E-state index contributed by atoms with van der Waals surface area (Å²) in [6, 6.07) is 87.4. The molecule has 2 heterocycles. The van der Waals surface area contributed by atoms with E-state index >= 15 is 0 Å². The molecule has 2 saturated heterocycles. The Balaban J connectivity index is 0.000000350. The Morgan fingerprint density at radius 2 is 0.752 bits per heavy atom. The van der Waals surface area contributed by atoms with E-state index in [1.54, 1.807) is 36.4 Å². The second kappa shape index (κ2) is 48.8. The first-order valence-corrected chi connectivity index (χ1v) is 36.7.